The zero-order valence-corrected chi connectivity index (χ0v) is 16.1. The molecule has 3 aromatic rings. The maximum absolute atomic E-state index is 12.4. The van der Waals surface area contributed by atoms with Gasteiger partial charge in [-0.3, -0.25) is 14.8 Å². The number of anilines is 1. The number of carbonyl (C=O) groups is 1. The van der Waals surface area contributed by atoms with Crippen LogP contribution in [-0.4, -0.2) is 25.9 Å². The van der Waals surface area contributed by atoms with Crippen LogP contribution in [0.2, 0.25) is 5.02 Å². The lowest BCUT2D eigenvalue weighted by molar-refractivity contribution is 0.102. The Morgan fingerprint density at radius 2 is 2.12 bits per heavy atom. The summed E-state index contributed by atoms with van der Waals surface area (Å²) < 4.78 is 1.69. The number of hydrogen-bond acceptors (Lipinski definition) is 5. The summed E-state index contributed by atoms with van der Waals surface area (Å²) >= 11 is 7.58. The fraction of sp³-hybridized carbons (Fsp3) is 0.333. The van der Waals surface area contributed by atoms with Crippen molar-refractivity contribution < 1.29 is 4.79 Å². The molecule has 3 rings (SSSR count). The number of aryl methyl sites for hydroxylation is 1. The Hall–Kier alpha value is -2.25. The molecule has 0 aliphatic heterocycles. The van der Waals surface area contributed by atoms with Crippen LogP contribution in [0, 0.1) is 0 Å². The van der Waals surface area contributed by atoms with Crippen molar-refractivity contribution in [3.63, 3.8) is 0 Å². The summed E-state index contributed by atoms with van der Waals surface area (Å²) in [6.07, 6.45) is 7.56. The second kappa shape index (κ2) is 8.91. The summed E-state index contributed by atoms with van der Waals surface area (Å²) in [4.78, 5) is 12.4. The number of benzene rings is 1. The highest BCUT2D eigenvalue weighted by Gasteiger charge is 2.13. The molecule has 0 spiro atoms. The SMILES string of the molecule is CCCCCc1nnc(NC(=O)c2cnn(Cc3ccccc3Cl)c2)s1. The van der Waals surface area contributed by atoms with E-state index in [2.05, 4.69) is 27.5 Å². The first-order valence-corrected chi connectivity index (χ1v) is 9.74. The van der Waals surface area contributed by atoms with Gasteiger partial charge in [-0.25, -0.2) is 0 Å². The number of halogens is 1. The summed E-state index contributed by atoms with van der Waals surface area (Å²) in [6, 6.07) is 7.57. The van der Waals surface area contributed by atoms with Crippen LogP contribution >= 0.6 is 22.9 Å². The molecule has 6 nitrogen and oxygen atoms in total. The van der Waals surface area contributed by atoms with E-state index in [1.165, 1.54) is 30.4 Å². The summed E-state index contributed by atoms with van der Waals surface area (Å²) in [7, 11) is 0. The van der Waals surface area contributed by atoms with E-state index in [4.69, 9.17) is 11.6 Å². The van der Waals surface area contributed by atoms with Gasteiger partial charge in [-0.05, 0) is 18.1 Å². The normalized spacial score (nSPS) is 10.8. The van der Waals surface area contributed by atoms with Crippen molar-refractivity contribution in [2.45, 2.75) is 39.2 Å². The first kappa shape index (κ1) is 18.5. The number of nitrogens with one attached hydrogen (secondary N) is 1. The van der Waals surface area contributed by atoms with Crippen LogP contribution < -0.4 is 5.32 Å². The maximum atomic E-state index is 12.4. The van der Waals surface area contributed by atoms with Gasteiger partial charge in [0.05, 0.1) is 18.3 Å². The van der Waals surface area contributed by atoms with Gasteiger partial charge < -0.3 is 0 Å². The number of amides is 1. The van der Waals surface area contributed by atoms with E-state index in [-0.39, 0.29) is 5.91 Å². The summed E-state index contributed by atoms with van der Waals surface area (Å²) in [5, 5.41) is 17.3. The minimum absolute atomic E-state index is 0.244. The van der Waals surface area contributed by atoms with E-state index in [1.54, 1.807) is 10.9 Å². The lowest BCUT2D eigenvalue weighted by Gasteiger charge is -2.03. The van der Waals surface area contributed by atoms with Crippen LogP contribution in [0.25, 0.3) is 0 Å². The van der Waals surface area contributed by atoms with Gasteiger partial charge in [0, 0.05) is 17.6 Å². The molecule has 0 atom stereocenters. The zero-order chi connectivity index (χ0) is 18.4. The molecule has 8 heteroatoms. The van der Waals surface area contributed by atoms with Gasteiger partial charge in [0.2, 0.25) is 5.13 Å². The molecule has 0 saturated carbocycles. The fourth-order valence-corrected chi connectivity index (χ4v) is 3.44. The van der Waals surface area contributed by atoms with Crippen molar-refractivity contribution in [1.29, 1.82) is 0 Å². The Balaban J connectivity index is 1.59. The molecule has 0 aliphatic carbocycles. The van der Waals surface area contributed by atoms with Crippen LogP contribution in [0.3, 0.4) is 0 Å². The Bertz CT molecular complexity index is 876. The summed E-state index contributed by atoms with van der Waals surface area (Å²) in [5.74, 6) is -0.244. The first-order valence-electron chi connectivity index (χ1n) is 8.55. The van der Waals surface area contributed by atoms with Gasteiger partial charge in [0.1, 0.15) is 5.01 Å². The van der Waals surface area contributed by atoms with Gasteiger partial charge in [-0.15, -0.1) is 10.2 Å². The molecule has 0 bridgehead atoms. The van der Waals surface area contributed by atoms with Crippen LogP contribution in [-0.2, 0) is 13.0 Å². The second-order valence-corrected chi connectivity index (χ2v) is 7.40. The number of carbonyl (C=O) groups excluding carboxylic acids is 1. The van der Waals surface area contributed by atoms with Crippen LogP contribution in [0.4, 0.5) is 5.13 Å². The molecule has 0 unspecified atom stereocenters. The zero-order valence-electron chi connectivity index (χ0n) is 14.5. The Morgan fingerprint density at radius 1 is 1.27 bits per heavy atom. The van der Waals surface area contributed by atoms with Crippen molar-refractivity contribution in [3.05, 3.63) is 57.8 Å². The number of rotatable bonds is 8. The largest absolute Gasteiger partial charge is 0.296 e. The van der Waals surface area contributed by atoms with Crippen molar-refractivity contribution in [2.24, 2.45) is 0 Å². The van der Waals surface area contributed by atoms with Gasteiger partial charge >= 0.3 is 0 Å². The predicted molar refractivity (Wildman–Crippen MR) is 104 cm³/mol. The fourth-order valence-electron chi connectivity index (χ4n) is 2.47. The van der Waals surface area contributed by atoms with Crippen LogP contribution in [0.15, 0.2) is 36.7 Å². The van der Waals surface area contributed by atoms with Crippen LogP contribution in [0.5, 0.6) is 0 Å². The highest BCUT2D eigenvalue weighted by Crippen LogP contribution is 2.19. The van der Waals surface area contributed by atoms with E-state index >= 15 is 0 Å². The third-order valence-electron chi connectivity index (χ3n) is 3.87. The lowest BCUT2D eigenvalue weighted by atomic mass is 10.2. The molecule has 0 saturated heterocycles. The highest BCUT2D eigenvalue weighted by molar-refractivity contribution is 7.15. The minimum Gasteiger partial charge on any atom is -0.296 e. The molecule has 2 aromatic heterocycles. The minimum atomic E-state index is -0.244. The quantitative estimate of drug-likeness (QED) is 0.579. The smallest absolute Gasteiger partial charge is 0.260 e. The van der Waals surface area contributed by atoms with E-state index in [0.717, 1.165) is 23.4 Å². The van der Waals surface area contributed by atoms with Crippen molar-refractivity contribution in [3.8, 4) is 0 Å². The maximum Gasteiger partial charge on any atom is 0.260 e. The molecule has 0 aliphatic rings. The highest BCUT2D eigenvalue weighted by atomic mass is 35.5. The Labute approximate surface area is 161 Å². The third kappa shape index (κ3) is 4.89. The molecule has 1 N–H and O–H groups in total. The number of unbranched alkanes of at least 4 members (excludes halogenated alkanes) is 2. The monoisotopic (exact) mass is 389 g/mol. The van der Waals surface area contributed by atoms with E-state index < -0.39 is 0 Å². The molecular weight excluding hydrogens is 370 g/mol. The van der Waals surface area contributed by atoms with Gasteiger partial charge in [0.15, 0.2) is 0 Å². The number of nitrogens with zero attached hydrogens (tertiary/aromatic N) is 4. The predicted octanol–water partition coefficient (Wildman–Crippen LogP) is 4.42. The second-order valence-electron chi connectivity index (χ2n) is 5.93. The van der Waals surface area contributed by atoms with Crippen molar-refractivity contribution >= 4 is 34.0 Å². The molecule has 136 valence electrons. The summed E-state index contributed by atoms with van der Waals surface area (Å²) in [6.45, 7) is 2.67. The van der Waals surface area contributed by atoms with E-state index in [9.17, 15) is 4.79 Å². The van der Waals surface area contributed by atoms with Crippen molar-refractivity contribution in [1.82, 2.24) is 20.0 Å². The summed E-state index contributed by atoms with van der Waals surface area (Å²) in [5.41, 5.74) is 1.42. The molecule has 2 heterocycles. The lowest BCUT2D eigenvalue weighted by Crippen LogP contribution is -2.11. The molecule has 26 heavy (non-hydrogen) atoms. The number of aromatic nitrogens is 4. The van der Waals surface area contributed by atoms with Gasteiger partial charge in [-0.1, -0.05) is 60.9 Å². The van der Waals surface area contributed by atoms with Crippen LogP contribution in [0.1, 0.15) is 47.1 Å². The molecule has 0 radical (unpaired) electrons. The standard InChI is InChI=1S/C18H20ClN5OS/c1-2-3-4-9-16-22-23-18(26-16)21-17(25)14-10-20-24(12-14)11-13-7-5-6-8-15(13)19/h5-8,10,12H,2-4,9,11H2,1H3,(H,21,23,25). The Kier molecular flexibility index (Phi) is 6.35. The number of hydrogen-bond donors (Lipinski definition) is 1. The topological polar surface area (TPSA) is 72.7 Å². The Morgan fingerprint density at radius 3 is 2.92 bits per heavy atom. The van der Waals surface area contributed by atoms with Crippen molar-refractivity contribution in [2.75, 3.05) is 5.32 Å². The molecule has 1 amide bonds. The average molecular weight is 390 g/mol. The molecular formula is C18H20ClN5OS. The molecule has 0 fully saturated rings. The van der Waals surface area contributed by atoms with E-state index in [1.807, 2.05) is 24.3 Å². The first-order chi connectivity index (χ1) is 12.7. The average Bonchev–Trinajstić information content (AvgIpc) is 3.27. The van der Waals surface area contributed by atoms with Gasteiger partial charge in [-0.2, -0.15) is 5.10 Å². The molecule has 1 aromatic carbocycles. The van der Waals surface area contributed by atoms with Gasteiger partial charge in [0.25, 0.3) is 5.91 Å². The van der Waals surface area contributed by atoms with E-state index in [0.29, 0.717) is 22.3 Å². The third-order valence-corrected chi connectivity index (χ3v) is 5.13.